The van der Waals surface area contributed by atoms with Crippen LogP contribution in [0.2, 0.25) is 5.15 Å². The van der Waals surface area contributed by atoms with Crippen molar-refractivity contribution in [3.63, 3.8) is 0 Å². The first-order chi connectivity index (χ1) is 14.7. The van der Waals surface area contributed by atoms with Crippen molar-refractivity contribution in [2.24, 2.45) is 0 Å². The molecule has 0 saturated heterocycles. The Hall–Kier alpha value is -2.58. The van der Waals surface area contributed by atoms with Crippen LogP contribution in [0.25, 0.3) is 10.9 Å². The Balaban J connectivity index is 1.92. The molecule has 162 valence electrons. The highest BCUT2D eigenvalue weighted by atomic mass is 79.9. The van der Waals surface area contributed by atoms with Gasteiger partial charge in [-0.1, -0.05) is 27.5 Å². The van der Waals surface area contributed by atoms with Crippen LogP contribution < -0.4 is 5.32 Å². The lowest BCUT2D eigenvalue weighted by molar-refractivity contribution is -0.137. The lowest BCUT2D eigenvalue weighted by Crippen LogP contribution is -2.30. The van der Waals surface area contributed by atoms with Gasteiger partial charge in [-0.15, -0.1) is 0 Å². The number of carbonyl (C=O) groups is 2. The van der Waals surface area contributed by atoms with Crippen LogP contribution in [0.5, 0.6) is 0 Å². The molecular weight excluding hydrogens is 494 g/mol. The highest BCUT2D eigenvalue weighted by Crippen LogP contribution is 2.29. The van der Waals surface area contributed by atoms with Gasteiger partial charge in [0.25, 0.3) is 5.91 Å². The van der Waals surface area contributed by atoms with Crippen molar-refractivity contribution in [1.29, 1.82) is 0 Å². The fraction of sp³-hybridized carbons (Fsp3) is 0.227. The standard InChI is InChI=1S/C22H18BrClF2N2O3/c1-11-20(16-8-13(23)3-6-18(16)28-21(11)24)22(31)27-10-12(2-7-19(29)30)15-9-14(25)4-5-17(15)26/h3-6,8-9,12H,2,7,10H2,1H3,(H,27,31)(H,29,30). The lowest BCUT2D eigenvalue weighted by Gasteiger charge is -2.19. The van der Waals surface area contributed by atoms with Crippen molar-refractivity contribution in [1.82, 2.24) is 10.3 Å². The van der Waals surface area contributed by atoms with Crippen molar-refractivity contribution >= 4 is 50.3 Å². The van der Waals surface area contributed by atoms with Crippen LogP contribution in [0.15, 0.2) is 40.9 Å². The number of amides is 1. The van der Waals surface area contributed by atoms with Gasteiger partial charge in [-0.2, -0.15) is 0 Å². The number of nitrogens with zero attached hydrogens (tertiary/aromatic N) is 1. The van der Waals surface area contributed by atoms with E-state index < -0.39 is 29.4 Å². The number of hydrogen-bond acceptors (Lipinski definition) is 3. The molecule has 31 heavy (non-hydrogen) atoms. The monoisotopic (exact) mass is 510 g/mol. The summed E-state index contributed by atoms with van der Waals surface area (Å²) in [6.07, 6.45) is -0.231. The number of hydrogen-bond donors (Lipinski definition) is 2. The maximum atomic E-state index is 14.3. The number of carboxylic acid groups (broad SMARTS) is 1. The number of carbonyl (C=O) groups excluding carboxylic acids is 1. The SMILES string of the molecule is Cc1c(Cl)nc2ccc(Br)cc2c1C(=O)NCC(CCC(=O)O)c1cc(F)ccc1F. The van der Waals surface area contributed by atoms with Crippen LogP contribution in [0.1, 0.15) is 40.2 Å². The smallest absolute Gasteiger partial charge is 0.303 e. The van der Waals surface area contributed by atoms with Crippen molar-refractivity contribution in [3.05, 3.63) is 74.3 Å². The molecule has 1 amide bonds. The molecule has 1 heterocycles. The first kappa shape index (κ1) is 23.1. The van der Waals surface area contributed by atoms with Gasteiger partial charge in [0.15, 0.2) is 0 Å². The van der Waals surface area contributed by atoms with Gasteiger partial charge in [-0.25, -0.2) is 13.8 Å². The minimum absolute atomic E-state index is 0.0126. The van der Waals surface area contributed by atoms with E-state index in [1.165, 1.54) is 0 Å². The number of halogens is 4. The van der Waals surface area contributed by atoms with E-state index in [0.29, 0.717) is 22.0 Å². The molecule has 0 aliphatic heterocycles. The molecule has 0 radical (unpaired) electrons. The van der Waals surface area contributed by atoms with E-state index in [1.807, 2.05) is 0 Å². The molecule has 3 aromatic rings. The molecule has 0 bridgehead atoms. The van der Waals surface area contributed by atoms with Gasteiger partial charge in [0.1, 0.15) is 16.8 Å². The van der Waals surface area contributed by atoms with Gasteiger partial charge in [0.05, 0.1) is 11.1 Å². The van der Waals surface area contributed by atoms with E-state index in [1.54, 1.807) is 25.1 Å². The molecule has 2 N–H and O–H groups in total. The van der Waals surface area contributed by atoms with E-state index in [2.05, 4.69) is 26.2 Å². The number of nitrogens with one attached hydrogen (secondary N) is 1. The lowest BCUT2D eigenvalue weighted by atomic mass is 9.93. The van der Waals surface area contributed by atoms with Crippen molar-refractivity contribution < 1.29 is 23.5 Å². The number of fused-ring (bicyclic) bond motifs is 1. The van der Waals surface area contributed by atoms with Crippen molar-refractivity contribution in [2.45, 2.75) is 25.7 Å². The first-order valence-electron chi connectivity index (χ1n) is 9.37. The quantitative estimate of drug-likeness (QED) is 0.404. The molecular formula is C22H18BrClF2N2O3. The molecule has 0 fully saturated rings. The summed E-state index contributed by atoms with van der Waals surface area (Å²) in [4.78, 5) is 28.4. The zero-order valence-electron chi connectivity index (χ0n) is 16.4. The van der Waals surface area contributed by atoms with Gasteiger partial charge >= 0.3 is 5.97 Å². The van der Waals surface area contributed by atoms with Gasteiger partial charge < -0.3 is 10.4 Å². The summed E-state index contributed by atoms with van der Waals surface area (Å²) in [7, 11) is 0. The van der Waals surface area contributed by atoms with E-state index in [0.717, 1.165) is 22.7 Å². The average molecular weight is 512 g/mol. The van der Waals surface area contributed by atoms with Crippen molar-refractivity contribution in [2.75, 3.05) is 6.54 Å². The third-order valence-electron chi connectivity index (χ3n) is 4.97. The van der Waals surface area contributed by atoms with Crippen LogP contribution in [0, 0.1) is 18.6 Å². The predicted octanol–water partition coefficient (Wildman–Crippen LogP) is 5.62. The highest BCUT2D eigenvalue weighted by molar-refractivity contribution is 9.10. The van der Waals surface area contributed by atoms with E-state index in [9.17, 15) is 18.4 Å². The normalized spacial score (nSPS) is 12.0. The number of carboxylic acids is 1. The largest absolute Gasteiger partial charge is 0.481 e. The average Bonchev–Trinajstić information content (AvgIpc) is 2.71. The summed E-state index contributed by atoms with van der Waals surface area (Å²) < 4.78 is 28.7. The first-order valence-corrected chi connectivity index (χ1v) is 10.5. The molecule has 1 atom stereocenters. The van der Waals surface area contributed by atoms with Crippen molar-refractivity contribution in [3.8, 4) is 0 Å². The third kappa shape index (κ3) is 5.37. The van der Waals surface area contributed by atoms with Crippen LogP contribution in [0.4, 0.5) is 8.78 Å². The fourth-order valence-electron chi connectivity index (χ4n) is 3.39. The Labute approximate surface area is 190 Å². The molecule has 2 aromatic carbocycles. The van der Waals surface area contributed by atoms with Crippen LogP contribution in [-0.4, -0.2) is 28.5 Å². The fourth-order valence-corrected chi connectivity index (χ4v) is 3.94. The summed E-state index contributed by atoms with van der Waals surface area (Å²) in [6.45, 7) is 1.58. The number of aliphatic carboxylic acids is 1. The summed E-state index contributed by atoms with van der Waals surface area (Å²) in [5, 5.41) is 12.5. The summed E-state index contributed by atoms with van der Waals surface area (Å²) in [5.74, 6) is -3.58. The highest BCUT2D eigenvalue weighted by Gasteiger charge is 2.22. The van der Waals surface area contributed by atoms with E-state index >= 15 is 0 Å². The van der Waals surface area contributed by atoms with Gasteiger partial charge in [-0.3, -0.25) is 9.59 Å². The minimum atomic E-state index is -1.07. The third-order valence-corrected chi connectivity index (χ3v) is 5.83. The van der Waals surface area contributed by atoms with Crippen LogP contribution >= 0.6 is 27.5 Å². The Morgan fingerprint density at radius 3 is 2.68 bits per heavy atom. The summed E-state index contributed by atoms with van der Waals surface area (Å²) >= 11 is 9.57. The summed E-state index contributed by atoms with van der Waals surface area (Å²) in [6, 6.07) is 8.23. The molecule has 3 rings (SSSR count). The number of rotatable bonds is 7. The van der Waals surface area contributed by atoms with Crippen LogP contribution in [-0.2, 0) is 4.79 Å². The topological polar surface area (TPSA) is 79.3 Å². The second-order valence-corrected chi connectivity index (χ2v) is 8.34. The molecule has 0 spiro atoms. The second kappa shape index (κ2) is 9.70. The van der Waals surface area contributed by atoms with Gasteiger partial charge in [-0.05, 0) is 60.9 Å². The predicted molar refractivity (Wildman–Crippen MR) is 117 cm³/mol. The minimum Gasteiger partial charge on any atom is -0.481 e. The molecule has 1 aromatic heterocycles. The number of benzene rings is 2. The van der Waals surface area contributed by atoms with Gasteiger partial charge in [0.2, 0.25) is 0 Å². The van der Waals surface area contributed by atoms with E-state index in [4.69, 9.17) is 16.7 Å². The number of aromatic nitrogens is 1. The van der Waals surface area contributed by atoms with E-state index in [-0.39, 0.29) is 30.1 Å². The Bertz CT molecular complexity index is 1170. The molecule has 5 nitrogen and oxygen atoms in total. The zero-order chi connectivity index (χ0) is 22.7. The Kier molecular flexibility index (Phi) is 7.23. The second-order valence-electron chi connectivity index (χ2n) is 7.07. The zero-order valence-corrected chi connectivity index (χ0v) is 18.7. The number of pyridine rings is 1. The molecule has 0 aliphatic rings. The maximum Gasteiger partial charge on any atom is 0.303 e. The maximum absolute atomic E-state index is 14.3. The Morgan fingerprint density at radius 1 is 1.23 bits per heavy atom. The van der Waals surface area contributed by atoms with Crippen LogP contribution in [0.3, 0.4) is 0 Å². The van der Waals surface area contributed by atoms with Gasteiger partial charge in [0, 0.05) is 28.7 Å². The molecule has 9 heteroatoms. The Morgan fingerprint density at radius 2 is 1.97 bits per heavy atom. The molecule has 0 saturated carbocycles. The molecule has 1 unspecified atom stereocenters. The molecule has 0 aliphatic carbocycles. The summed E-state index contributed by atoms with van der Waals surface area (Å²) in [5.41, 5.74) is 1.33.